The fourth-order valence-corrected chi connectivity index (χ4v) is 8.33. The minimum atomic E-state index is 0. The van der Waals surface area contributed by atoms with Crippen LogP contribution >= 0.6 is 11.3 Å². The number of pyridine rings is 3. The molecule has 0 saturated heterocycles. The number of rotatable bonds is 0. The minimum absolute atomic E-state index is 0. The lowest BCUT2D eigenvalue weighted by atomic mass is 10.2. The third-order valence-corrected chi connectivity index (χ3v) is 12.1. The molecule has 13 aromatic heterocycles. The number of imidazole rings is 6. The Labute approximate surface area is 579 Å². The van der Waals surface area contributed by atoms with Gasteiger partial charge in [-0.2, -0.15) is 10.2 Å². The third kappa shape index (κ3) is 35.4. The number of oxazole rings is 1. The lowest BCUT2D eigenvalue weighted by molar-refractivity contribution is 0.494. The number of nitrogens with zero attached hydrogens (tertiary/aromatic N) is 14. The summed E-state index contributed by atoms with van der Waals surface area (Å²) < 4.78 is 4.97. The van der Waals surface area contributed by atoms with E-state index in [0.29, 0.717) is 0 Å². The zero-order valence-corrected chi connectivity index (χ0v) is 54.0. The van der Waals surface area contributed by atoms with Crippen molar-refractivity contribution in [2.45, 2.75) is 213 Å². The number of hydrogen-bond donors (Lipinski definition) is 8. The summed E-state index contributed by atoms with van der Waals surface area (Å²) in [5.41, 5.74) is 16.7. The van der Waals surface area contributed by atoms with E-state index in [-0.39, 0.29) is 74.3 Å². The minimum Gasteiger partial charge on any atom is -0.446 e. The number of nitrogens with one attached hydrogen (secondary N) is 8. The number of H-pyrrole nitrogens is 8. The summed E-state index contributed by atoms with van der Waals surface area (Å²) in [4.78, 5) is 69.2. The lowest BCUT2D eigenvalue weighted by Crippen LogP contribution is -1.80. The Balaban J connectivity index is -0.000000233. The molecule has 0 spiro atoms. The van der Waals surface area contributed by atoms with Gasteiger partial charge in [-0.3, -0.25) is 15.2 Å². The van der Waals surface area contributed by atoms with Crippen LogP contribution in [0, 0.1) is 138 Å². The van der Waals surface area contributed by atoms with Crippen molar-refractivity contribution in [1.82, 2.24) is 110 Å². The van der Waals surface area contributed by atoms with Gasteiger partial charge in [0.05, 0.1) is 56.2 Å². The summed E-state index contributed by atoms with van der Waals surface area (Å²) in [6.45, 7) is 39.1. The molecule has 0 unspecified atom stereocenters. The van der Waals surface area contributed by atoms with Crippen LogP contribution in [0.25, 0.3) is 44.4 Å². The first kappa shape index (κ1) is 97.2. The molecule has 532 valence electrons. The van der Waals surface area contributed by atoms with Crippen LogP contribution in [0.1, 0.15) is 188 Å². The predicted octanol–water partition coefficient (Wildman–Crippen LogP) is 19.8. The fraction of sp³-hybridized carbons (Fsp3) is 0.417. The van der Waals surface area contributed by atoms with E-state index in [0.717, 1.165) is 147 Å². The maximum atomic E-state index is 4.97. The monoisotopic (exact) mass is 1340 g/mol. The van der Waals surface area contributed by atoms with Crippen molar-refractivity contribution < 1.29 is 4.42 Å². The Morgan fingerprint density at radius 1 is 0.323 bits per heavy atom. The first-order valence-electron chi connectivity index (χ1n) is 27.6. The van der Waals surface area contributed by atoms with Crippen molar-refractivity contribution in [1.29, 1.82) is 0 Å². The normalized spacial score (nSPS) is 9.04. The number of hydrogen-bond acceptors (Lipinski definition) is 16. The highest BCUT2D eigenvalue weighted by Crippen LogP contribution is 2.14. The zero-order valence-electron chi connectivity index (χ0n) is 53.2. The number of benzene rings is 1. The molecule has 0 atom stereocenters. The Bertz CT molecular complexity index is 3540. The Kier molecular flexibility index (Phi) is 48.6. The molecule has 14 aromatic rings. The third-order valence-electron chi connectivity index (χ3n) is 11.3. The van der Waals surface area contributed by atoms with Gasteiger partial charge in [-0.1, -0.05) is 80.3 Å². The van der Waals surface area contributed by atoms with E-state index >= 15 is 0 Å². The molecule has 0 amide bonds. The number of aromatic nitrogens is 22. The van der Waals surface area contributed by atoms with Gasteiger partial charge in [-0.25, -0.2) is 54.8 Å². The summed E-state index contributed by atoms with van der Waals surface area (Å²) in [7, 11) is 0. The molecule has 24 heteroatoms. The van der Waals surface area contributed by atoms with Gasteiger partial charge in [0, 0.05) is 65.1 Å². The Morgan fingerprint density at radius 2 is 0.865 bits per heavy atom. The first-order valence-corrected chi connectivity index (χ1v) is 28.5. The summed E-state index contributed by atoms with van der Waals surface area (Å²) in [5, 5.41) is 14.3. The summed E-state index contributed by atoms with van der Waals surface area (Å²) >= 11 is 1.73. The van der Waals surface area contributed by atoms with Crippen molar-refractivity contribution in [3.05, 3.63) is 199 Å². The molecule has 0 fully saturated rings. The van der Waals surface area contributed by atoms with Gasteiger partial charge < -0.3 is 34.3 Å². The molecule has 0 bridgehead atoms. The second-order valence-corrected chi connectivity index (χ2v) is 21.7. The van der Waals surface area contributed by atoms with Crippen molar-refractivity contribution in [2.24, 2.45) is 0 Å². The van der Waals surface area contributed by atoms with Gasteiger partial charge in [0.15, 0.2) is 17.2 Å². The second kappa shape index (κ2) is 47.9. The molecular weight excluding hydrogens is 1220 g/mol. The molecule has 0 saturated carbocycles. The molecular formula is C72H122N22OS. The summed E-state index contributed by atoms with van der Waals surface area (Å²) in [6.07, 6.45) is 10.9. The first-order chi connectivity index (χ1) is 40.7. The van der Waals surface area contributed by atoms with Crippen LogP contribution in [-0.4, -0.2) is 110 Å². The van der Waals surface area contributed by atoms with E-state index in [1.54, 1.807) is 17.5 Å². The maximum absolute atomic E-state index is 4.97. The quantitative estimate of drug-likeness (QED) is 0.0700. The largest absolute Gasteiger partial charge is 0.446 e. The van der Waals surface area contributed by atoms with Gasteiger partial charge in [-0.15, -0.1) is 11.3 Å². The molecule has 23 nitrogen and oxygen atoms in total. The Hall–Kier alpha value is -9.84. The fourth-order valence-electron chi connectivity index (χ4n) is 7.65. The van der Waals surface area contributed by atoms with Crippen LogP contribution in [0.3, 0.4) is 0 Å². The molecule has 1 aromatic carbocycles. The SMILES string of the molecule is C.C.C.C.C.C.C.C.C.C.Cc1cc(C)[nH]n1.Cc1cc2nc(C)[nH]c2cn1.Cc1ccc2[nH]c(C)nc2n1.Cc1ccc2nc(C)[nH]c2c1.Cc1cnc(C)[nH]1.Cc1cnc(C)[nH]1.Cc1cnc(C)o1.Cc1cnc(C)s1.Cc1cnc2nc(C)[nH]c2c1.Cc1n[nH]c(C)n1. The average Bonchev–Trinajstić information content (AvgIpc) is 1.75. The summed E-state index contributed by atoms with van der Waals surface area (Å²) in [5.74, 6) is 8.99. The average molecular weight is 1340 g/mol. The smallest absolute Gasteiger partial charge is 0.191 e. The van der Waals surface area contributed by atoms with Crippen molar-refractivity contribution >= 4 is 55.7 Å². The van der Waals surface area contributed by atoms with Gasteiger partial charge in [-0.05, 0) is 185 Å². The maximum Gasteiger partial charge on any atom is 0.191 e. The zero-order chi connectivity index (χ0) is 63.0. The van der Waals surface area contributed by atoms with Crippen LogP contribution < -0.4 is 0 Å². The summed E-state index contributed by atoms with van der Waals surface area (Å²) in [6, 6.07) is 16.2. The number of aryl methyl sites for hydroxylation is 20. The highest BCUT2D eigenvalue weighted by molar-refractivity contribution is 7.11. The molecule has 13 heterocycles. The standard InChI is InChI=1S/C9H10N2.3C8H9N3.3C5H8N2.C5H7NO.C5H7NS.C4H7N3.10CH4/c1-6-3-4-8-9(5-6)11-7(2)10-8;1-5-3-7-8(4-9-5)11-6(2)10-7;1-5-3-7-8(9-4-5)11-6(2)10-7;1-5-3-4-7-8(9-5)11-6(2)10-7;2*1-4-3-6-5(2)7-4;1-4-3-5(2)7-6-4;2*1-4-3-6-5(2)7-4;1-3-5-4(2)7-6-3;;;;;;;;;;/h3-5H,1-2H3,(H,10,11);3-4H,1-2H3,(H,10,11);2*3-4H,1-2H3,(H,9,10,11);3*3H,1-2H3,(H,6,7);2*3H,1-2H3;1-2H3,(H,5,6,7);10*1H4. The van der Waals surface area contributed by atoms with Crippen molar-refractivity contribution in [3.8, 4) is 0 Å². The van der Waals surface area contributed by atoms with E-state index < -0.39 is 0 Å². The number of fused-ring (bicyclic) bond motifs is 4. The van der Waals surface area contributed by atoms with Crippen molar-refractivity contribution in [2.75, 3.05) is 0 Å². The molecule has 0 radical (unpaired) electrons. The highest BCUT2D eigenvalue weighted by Gasteiger charge is 2.02. The topological polar surface area (TPSA) is 320 Å². The Morgan fingerprint density at radius 3 is 1.27 bits per heavy atom. The molecule has 8 N–H and O–H groups in total. The molecule has 96 heavy (non-hydrogen) atoms. The van der Waals surface area contributed by atoms with E-state index in [1.165, 1.54) is 10.4 Å². The van der Waals surface area contributed by atoms with E-state index in [1.807, 2.05) is 192 Å². The molecule has 0 aliphatic carbocycles. The van der Waals surface area contributed by atoms with Crippen LogP contribution in [0.15, 0.2) is 90.1 Å². The van der Waals surface area contributed by atoms with Gasteiger partial charge >= 0.3 is 0 Å². The lowest BCUT2D eigenvalue weighted by Gasteiger charge is -1.89. The highest BCUT2D eigenvalue weighted by atomic mass is 32.1. The van der Waals surface area contributed by atoms with Gasteiger partial charge in [0.1, 0.15) is 52.4 Å². The van der Waals surface area contributed by atoms with Gasteiger partial charge in [0.2, 0.25) is 0 Å². The molecule has 0 aliphatic rings. The predicted molar refractivity (Wildman–Crippen MR) is 411 cm³/mol. The molecule has 0 aliphatic heterocycles. The number of aromatic amines is 8. The van der Waals surface area contributed by atoms with E-state index in [4.69, 9.17) is 4.42 Å². The van der Waals surface area contributed by atoms with Crippen LogP contribution in [0.2, 0.25) is 0 Å². The van der Waals surface area contributed by atoms with E-state index in [2.05, 4.69) is 136 Å². The molecule has 14 rings (SSSR count). The second-order valence-electron chi connectivity index (χ2n) is 20.3. The van der Waals surface area contributed by atoms with Crippen LogP contribution in [-0.2, 0) is 0 Å². The van der Waals surface area contributed by atoms with Crippen LogP contribution in [0.5, 0.6) is 0 Å². The van der Waals surface area contributed by atoms with Crippen LogP contribution in [0.4, 0.5) is 0 Å². The number of thiazole rings is 1. The van der Waals surface area contributed by atoms with Gasteiger partial charge in [0.25, 0.3) is 0 Å². The van der Waals surface area contributed by atoms with Crippen molar-refractivity contribution in [3.63, 3.8) is 0 Å². The van der Waals surface area contributed by atoms with E-state index in [9.17, 15) is 0 Å².